The van der Waals surface area contributed by atoms with Crippen LogP contribution in [0.5, 0.6) is 5.75 Å². The second-order valence-corrected chi connectivity index (χ2v) is 13.1. The van der Waals surface area contributed by atoms with Gasteiger partial charge in [0.05, 0.1) is 23.5 Å². The molecule has 1 aliphatic rings. The molecule has 43 heavy (non-hydrogen) atoms. The summed E-state index contributed by atoms with van der Waals surface area (Å²) < 4.78 is 36.4. The number of nitrogens with zero attached hydrogens (tertiary/aromatic N) is 2. The molecule has 0 fully saturated rings. The molecule has 8 nitrogen and oxygen atoms in total. The number of hydrogen-bond donors (Lipinski definition) is 1. The van der Waals surface area contributed by atoms with E-state index in [1.54, 1.807) is 36.8 Å². The summed E-state index contributed by atoms with van der Waals surface area (Å²) in [7, 11) is -3.92. The van der Waals surface area contributed by atoms with Crippen molar-refractivity contribution in [2.24, 2.45) is 5.92 Å². The Morgan fingerprint density at radius 3 is 2.63 bits per heavy atom. The van der Waals surface area contributed by atoms with Crippen molar-refractivity contribution in [3.8, 4) is 5.75 Å². The number of fused-ring (bicyclic) bond motifs is 1. The first kappa shape index (κ1) is 30.2. The molecule has 0 spiro atoms. The maximum absolute atomic E-state index is 13.9. The van der Waals surface area contributed by atoms with Crippen molar-refractivity contribution in [1.82, 2.24) is 14.9 Å². The highest BCUT2D eigenvalue weighted by Gasteiger charge is 2.28. The van der Waals surface area contributed by atoms with E-state index in [9.17, 15) is 18.0 Å². The number of benzene rings is 3. The number of sulfone groups is 1. The highest BCUT2D eigenvalue weighted by Crippen LogP contribution is 2.36. The fourth-order valence-corrected chi connectivity index (χ4v) is 6.74. The van der Waals surface area contributed by atoms with Gasteiger partial charge in [-0.05, 0) is 60.2 Å². The lowest BCUT2D eigenvalue weighted by molar-refractivity contribution is 0.0945. The van der Waals surface area contributed by atoms with Crippen LogP contribution in [-0.2, 0) is 28.6 Å². The Bertz CT molecular complexity index is 1680. The third kappa shape index (κ3) is 7.22. The van der Waals surface area contributed by atoms with Gasteiger partial charge in [-0.15, -0.1) is 0 Å². The van der Waals surface area contributed by atoms with Gasteiger partial charge in [0.15, 0.2) is 15.6 Å². The zero-order chi connectivity index (χ0) is 30.4. The molecular weight excluding hydrogens is 562 g/mol. The van der Waals surface area contributed by atoms with Gasteiger partial charge < -0.3 is 14.6 Å². The molecule has 2 atom stereocenters. The van der Waals surface area contributed by atoms with Crippen LogP contribution < -0.4 is 10.1 Å². The standard InChI is InChI=1S/C34H37N3O5S/c1-3-24(2)20-36-34(39)26-11-7-12-27(19-26)43(40,41)22-30-28-13-8-14-31(38)29(28)15-16-32(30)42-33(21-37-18-17-35-23-37)25-9-5-4-6-10-25/h4-7,9-12,15-19,23-24,33H,3,8,13-14,20-22H2,1-2H3,(H,36,39)/t24-,33+/m0/s1. The minimum absolute atomic E-state index is 0.00412. The van der Waals surface area contributed by atoms with Crippen molar-refractivity contribution in [2.45, 2.75) is 62.8 Å². The first-order chi connectivity index (χ1) is 20.7. The maximum atomic E-state index is 13.9. The lowest BCUT2D eigenvalue weighted by Gasteiger charge is -2.26. The second kappa shape index (κ2) is 13.4. The van der Waals surface area contributed by atoms with Gasteiger partial charge in [0.2, 0.25) is 0 Å². The van der Waals surface area contributed by atoms with Crippen molar-refractivity contribution in [2.75, 3.05) is 6.54 Å². The molecule has 1 N–H and O–H groups in total. The Morgan fingerprint density at radius 1 is 1.07 bits per heavy atom. The number of ether oxygens (including phenoxy) is 1. The Balaban J connectivity index is 1.50. The molecule has 5 rings (SSSR count). The number of aromatic nitrogens is 2. The van der Waals surface area contributed by atoms with Crippen molar-refractivity contribution in [1.29, 1.82) is 0 Å². The van der Waals surface area contributed by atoms with Crippen molar-refractivity contribution in [3.63, 3.8) is 0 Å². The van der Waals surface area contributed by atoms with Crippen molar-refractivity contribution in [3.05, 3.63) is 113 Å². The molecule has 0 aliphatic heterocycles. The number of carbonyl (C=O) groups is 2. The maximum Gasteiger partial charge on any atom is 0.251 e. The average molecular weight is 600 g/mol. The van der Waals surface area contributed by atoms with E-state index in [0.717, 1.165) is 12.0 Å². The molecule has 0 unspecified atom stereocenters. The van der Waals surface area contributed by atoms with Crippen LogP contribution in [0.25, 0.3) is 0 Å². The number of rotatable bonds is 12. The molecule has 1 aromatic heterocycles. The molecule has 1 heterocycles. The molecule has 1 amide bonds. The van der Waals surface area contributed by atoms with Gasteiger partial charge in [0.25, 0.3) is 5.91 Å². The Labute approximate surface area is 253 Å². The van der Waals surface area contributed by atoms with E-state index < -0.39 is 15.9 Å². The summed E-state index contributed by atoms with van der Waals surface area (Å²) in [5, 5.41) is 2.89. The lowest BCUT2D eigenvalue weighted by Crippen LogP contribution is -2.28. The number of hydrogen-bond acceptors (Lipinski definition) is 6. The molecule has 1 aliphatic carbocycles. The average Bonchev–Trinajstić information content (AvgIpc) is 3.54. The number of imidazole rings is 1. The minimum Gasteiger partial charge on any atom is -0.484 e. The lowest BCUT2D eigenvalue weighted by atomic mass is 9.87. The third-order valence-electron chi connectivity index (χ3n) is 7.99. The van der Waals surface area contributed by atoms with Gasteiger partial charge in [-0.25, -0.2) is 13.4 Å². The van der Waals surface area contributed by atoms with Crippen LogP contribution in [0.1, 0.15) is 76.6 Å². The fourth-order valence-electron chi connectivity index (χ4n) is 5.28. The minimum atomic E-state index is -3.92. The van der Waals surface area contributed by atoms with E-state index in [1.165, 1.54) is 12.1 Å². The predicted octanol–water partition coefficient (Wildman–Crippen LogP) is 5.97. The number of amides is 1. The van der Waals surface area contributed by atoms with Crippen LogP contribution >= 0.6 is 0 Å². The Hall–Kier alpha value is -4.24. The zero-order valence-corrected chi connectivity index (χ0v) is 25.3. The summed E-state index contributed by atoms with van der Waals surface area (Å²) in [5.74, 6) is 0.0745. The van der Waals surface area contributed by atoms with Crippen molar-refractivity contribution >= 4 is 21.5 Å². The van der Waals surface area contributed by atoms with Crippen LogP contribution in [0.3, 0.4) is 0 Å². The van der Waals surface area contributed by atoms with E-state index in [-0.39, 0.29) is 27.9 Å². The Morgan fingerprint density at radius 2 is 1.88 bits per heavy atom. The topological polar surface area (TPSA) is 107 Å². The van der Waals surface area contributed by atoms with E-state index in [4.69, 9.17) is 4.74 Å². The van der Waals surface area contributed by atoms with E-state index >= 15 is 0 Å². The van der Waals surface area contributed by atoms with Gasteiger partial charge in [-0.2, -0.15) is 0 Å². The van der Waals surface area contributed by atoms with Crippen LogP contribution in [-0.4, -0.2) is 36.2 Å². The molecule has 0 saturated carbocycles. The first-order valence-electron chi connectivity index (χ1n) is 14.7. The molecule has 224 valence electrons. The molecule has 0 saturated heterocycles. The monoisotopic (exact) mass is 599 g/mol. The van der Waals surface area contributed by atoms with Gasteiger partial charge >= 0.3 is 0 Å². The highest BCUT2D eigenvalue weighted by atomic mass is 32.2. The summed E-state index contributed by atoms with van der Waals surface area (Å²) in [4.78, 5) is 29.8. The zero-order valence-electron chi connectivity index (χ0n) is 24.5. The smallest absolute Gasteiger partial charge is 0.251 e. The third-order valence-corrected chi connectivity index (χ3v) is 9.63. The van der Waals surface area contributed by atoms with Gasteiger partial charge in [-0.3, -0.25) is 9.59 Å². The fraction of sp³-hybridized carbons (Fsp3) is 0.324. The van der Waals surface area contributed by atoms with E-state index in [2.05, 4.69) is 17.2 Å². The number of Topliss-reactive ketones (excluding diaryl/α,β-unsaturated/α-hetero) is 1. The second-order valence-electron chi connectivity index (χ2n) is 11.1. The summed E-state index contributed by atoms with van der Waals surface area (Å²) in [6, 6.07) is 19.3. The van der Waals surface area contributed by atoms with E-state index in [0.29, 0.717) is 60.7 Å². The Kier molecular flexibility index (Phi) is 9.40. The molecule has 3 aromatic carbocycles. The summed E-state index contributed by atoms with van der Waals surface area (Å²) in [6.07, 6.45) is 7.40. The summed E-state index contributed by atoms with van der Waals surface area (Å²) in [6.45, 7) is 5.07. The molecule has 0 bridgehead atoms. The molecule has 9 heteroatoms. The normalized spacial score (nSPS) is 14.5. The number of carbonyl (C=O) groups excluding carboxylic acids is 2. The number of ketones is 1. The SMILES string of the molecule is CC[C@H](C)CNC(=O)c1cccc(S(=O)(=O)Cc2c(O[C@H](Cn3ccnc3)c3ccccc3)ccc3c2CCCC3=O)c1. The number of nitrogens with one attached hydrogen (secondary N) is 1. The molecule has 0 radical (unpaired) electrons. The highest BCUT2D eigenvalue weighted by molar-refractivity contribution is 7.90. The van der Waals surface area contributed by atoms with Gasteiger partial charge in [0, 0.05) is 42.0 Å². The van der Waals surface area contributed by atoms with E-state index in [1.807, 2.05) is 48.0 Å². The van der Waals surface area contributed by atoms with Gasteiger partial charge in [-0.1, -0.05) is 56.7 Å². The van der Waals surface area contributed by atoms with Gasteiger partial charge in [0.1, 0.15) is 11.9 Å². The first-order valence-corrected chi connectivity index (χ1v) is 16.4. The van der Waals surface area contributed by atoms with Crippen LogP contribution in [0.15, 0.2) is 90.3 Å². The van der Waals surface area contributed by atoms with Crippen LogP contribution in [0, 0.1) is 5.92 Å². The van der Waals surface area contributed by atoms with Crippen molar-refractivity contribution < 1.29 is 22.7 Å². The predicted molar refractivity (Wildman–Crippen MR) is 165 cm³/mol. The van der Waals surface area contributed by atoms with Crippen LogP contribution in [0.2, 0.25) is 0 Å². The summed E-state index contributed by atoms with van der Waals surface area (Å²) >= 11 is 0. The molecule has 4 aromatic rings. The largest absolute Gasteiger partial charge is 0.484 e. The molecular formula is C34H37N3O5S. The summed E-state index contributed by atoms with van der Waals surface area (Å²) in [5.41, 5.74) is 2.97. The van der Waals surface area contributed by atoms with Crippen LogP contribution in [0.4, 0.5) is 0 Å². The quantitative estimate of drug-likeness (QED) is 0.215.